The van der Waals surface area contributed by atoms with Crippen LogP contribution in [-0.4, -0.2) is 22.9 Å². The van der Waals surface area contributed by atoms with Gasteiger partial charge in [-0.05, 0) is 12.8 Å². The maximum atomic E-state index is 6.71. The van der Waals surface area contributed by atoms with Crippen LogP contribution in [0, 0.1) is 6.57 Å². The van der Waals surface area contributed by atoms with E-state index in [1.165, 1.54) is 0 Å². The molecule has 0 unspecified atom stereocenters. The molecule has 1 aromatic rings. The van der Waals surface area contributed by atoms with Crippen LogP contribution in [0.25, 0.3) is 4.85 Å². The zero-order chi connectivity index (χ0) is 9.80. The molecule has 0 aliphatic carbocycles. The first-order chi connectivity index (χ1) is 6.90. The van der Waals surface area contributed by atoms with Crippen LogP contribution in [0.5, 0.6) is 5.88 Å². The molecule has 0 saturated carbocycles. The molecule has 0 fully saturated rings. The lowest BCUT2D eigenvalue weighted by atomic mass is 10.3. The van der Waals surface area contributed by atoms with E-state index in [4.69, 9.17) is 11.3 Å². The van der Waals surface area contributed by atoms with Crippen molar-refractivity contribution >= 4 is 0 Å². The lowest BCUT2D eigenvalue weighted by Crippen LogP contribution is -2.00. The quantitative estimate of drug-likeness (QED) is 0.664. The molecule has 4 heteroatoms. The number of nitrogens with zero attached hydrogens (tertiary/aromatic N) is 3. The summed E-state index contributed by atoms with van der Waals surface area (Å²) >= 11 is 0. The Hall–Kier alpha value is -1.50. The maximum Gasteiger partial charge on any atom is 0.220 e. The Morgan fingerprint density at radius 2 is 2.50 bits per heavy atom. The molecule has 2 rings (SSSR count). The third kappa shape index (κ3) is 1.87. The predicted octanol–water partition coefficient (Wildman–Crippen LogP) is 1.52. The maximum absolute atomic E-state index is 6.71. The van der Waals surface area contributed by atoms with E-state index in [2.05, 4.69) is 9.94 Å². The van der Waals surface area contributed by atoms with Crippen molar-refractivity contribution in [3.8, 4) is 5.88 Å². The second-order valence-electron chi connectivity index (χ2n) is 3.38. The summed E-state index contributed by atoms with van der Waals surface area (Å²) in [5.74, 6) is 0.863. The summed E-state index contributed by atoms with van der Waals surface area (Å²) in [5.41, 5.74) is 0.970. The Balaban J connectivity index is 2.11. The second kappa shape index (κ2) is 4.14. The van der Waals surface area contributed by atoms with Crippen LogP contribution in [0.3, 0.4) is 0 Å². The Morgan fingerprint density at radius 3 is 3.36 bits per heavy atom. The number of ether oxygens (including phenoxy) is 1. The first-order valence-corrected chi connectivity index (χ1v) is 4.93. The molecule has 0 atom stereocenters. The molecule has 1 aliphatic heterocycles. The normalized spacial score (nSPS) is 15.1. The smallest absolute Gasteiger partial charge is 0.220 e. The third-order valence-corrected chi connectivity index (χ3v) is 2.29. The molecular formula is C10H13N3O. The van der Waals surface area contributed by atoms with Gasteiger partial charge in [0.2, 0.25) is 12.4 Å². The van der Waals surface area contributed by atoms with Gasteiger partial charge in [-0.3, -0.25) is 0 Å². The van der Waals surface area contributed by atoms with Gasteiger partial charge in [-0.25, -0.2) is 11.3 Å². The van der Waals surface area contributed by atoms with Crippen molar-refractivity contribution < 1.29 is 4.74 Å². The Labute approximate surface area is 83.3 Å². The van der Waals surface area contributed by atoms with E-state index in [-0.39, 0.29) is 0 Å². The molecule has 0 radical (unpaired) electrons. The summed E-state index contributed by atoms with van der Waals surface area (Å²) in [4.78, 5) is 3.32. The van der Waals surface area contributed by atoms with E-state index in [0.29, 0.717) is 6.54 Å². The Bertz CT molecular complexity index is 327. The van der Waals surface area contributed by atoms with Crippen LogP contribution in [0.4, 0.5) is 0 Å². The largest absolute Gasteiger partial charge is 0.478 e. The molecule has 1 aliphatic rings. The van der Waals surface area contributed by atoms with E-state index in [0.717, 1.165) is 44.0 Å². The van der Waals surface area contributed by atoms with Gasteiger partial charge >= 0.3 is 0 Å². The van der Waals surface area contributed by atoms with Crippen LogP contribution in [0.15, 0.2) is 6.07 Å². The van der Waals surface area contributed by atoms with E-state index in [1.54, 1.807) is 0 Å². The van der Waals surface area contributed by atoms with Crippen molar-refractivity contribution in [2.45, 2.75) is 25.8 Å². The van der Waals surface area contributed by atoms with Crippen LogP contribution in [0.2, 0.25) is 0 Å². The summed E-state index contributed by atoms with van der Waals surface area (Å²) in [7, 11) is 0. The predicted molar refractivity (Wildman–Crippen MR) is 52.1 cm³/mol. The fourth-order valence-corrected chi connectivity index (χ4v) is 1.56. The molecule has 2 heterocycles. The van der Waals surface area contributed by atoms with Crippen molar-refractivity contribution in [2.75, 3.05) is 13.2 Å². The van der Waals surface area contributed by atoms with Crippen molar-refractivity contribution in [1.82, 2.24) is 9.78 Å². The molecule has 74 valence electrons. The number of aryl methyl sites for hydroxylation is 1. The first-order valence-electron chi connectivity index (χ1n) is 4.93. The average Bonchev–Trinajstić information content (AvgIpc) is 2.46. The van der Waals surface area contributed by atoms with Gasteiger partial charge in [0.05, 0.1) is 18.7 Å². The number of fused-ring (bicyclic) bond motifs is 1. The molecular weight excluding hydrogens is 178 g/mol. The molecule has 0 aromatic carbocycles. The van der Waals surface area contributed by atoms with Gasteiger partial charge < -0.3 is 9.58 Å². The minimum atomic E-state index is 0.510. The molecule has 0 bridgehead atoms. The topological polar surface area (TPSA) is 31.4 Å². The van der Waals surface area contributed by atoms with Gasteiger partial charge in [0.1, 0.15) is 0 Å². The highest BCUT2D eigenvalue weighted by Crippen LogP contribution is 2.18. The number of hydrogen-bond donors (Lipinski definition) is 0. The summed E-state index contributed by atoms with van der Waals surface area (Å²) in [6.07, 6.45) is 2.95. The lowest BCUT2D eigenvalue weighted by molar-refractivity contribution is 0.303. The average molecular weight is 191 g/mol. The molecule has 0 saturated heterocycles. The van der Waals surface area contributed by atoms with Crippen LogP contribution < -0.4 is 4.74 Å². The molecule has 4 nitrogen and oxygen atoms in total. The van der Waals surface area contributed by atoms with E-state index in [1.807, 2.05) is 10.7 Å². The molecule has 1 aromatic heterocycles. The minimum Gasteiger partial charge on any atom is -0.478 e. The number of rotatable bonds is 2. The van der Waals surface area contributed by atoms with E-state index >= 15 is 0 Å². The van der Waals surface area contributed by atoms with Gasteiger partial charge in [-0.15, -0.1) is 0 Å². The van der Waals surface area contributed by atoms with Crippen molar-refractivity contribution in [3.05, 3.63) is 23.2 Å². The highest BCUT2D eigenvalue weighted by Gasteiger charge is 2.12. The monoisotopic (exact) mass is 191 g/mol. The van der Waals surface area contributed by atoms with E-state index in [9.17, 15) is 0 Å². The third-order valence-electron chi connectivity index (χ3n) is 2.29. The van der Waals surface area contributed by atoms with Crippen LogP contribution in [0.1, 0.15) is 18.5 Å². The first kappa shape index (κ1) is 9.07. The highest BCUT2D eigenvalue weighted by molar-refractivity contribution is 5.17. The highest BCUT2D eigenvalue weighted by atomic mass is 16.5. The molecule has 0 amide bonds. The zero-order valence-corrected chi connectivity index (χ0v) is 8.07. The lowest BCUT2D eigenvalue weighted by Gasteiger charge is -2.00. The fraction of sp³-hybridized carbons (Fsp3) is 0.600. The van der Waals surface area contributed by atoms with Crippen LogP contribution in [-0.2, 0) is 13.0 Å². The van der Waals surface area contributed by atoms with Gasteiger partial charge in [-0.2, -0.15) is 5.10 Å². The molecule has 14 heavy (non-hydrogen) atoms. The van der Waals surface area contributed by atoms with E-state index < -0.39 is 0 Å². The Kier molecular flexibility index (Phi) is 2.68. The summed E-state index contributed by atoms with van der Waals surface area (Å²) < 4.78 is 7.44. The van der Waals surface area contributed by atoms with Gasteiger partial charge in [0.25, 0.3) is 0 Å². The SMILES string of the molecule is [C-]#[N+]CCc1cc2n(n1)CCCCO2. The Morgan fingerprint density at radius 1 is 1.57 bits per heavy atom. The summed E-state index contributed by atoms with van der Waals surface area (Å²) in [5, 5.41) is 4.40. The minimum absolute atomic E-state index is 0.510. The van der Waals surface area contributed by atoms with Crippen LogP contribution >= 0.6 is 0 Å². The van der Waals surface area contributed by atoms with Gasteiger partial charge in [-0.1, -0.05) is 0 Å². The van der Waals surface area contributed by atoms with Gasteiger partial charge in [0, 0.05) is 12.6 Å². The number of hydrogen-bond acceptors (Lipinski definition) is 2. The molecule has 0 N–H and O–H groups in total. The number of aromatic nitrogens is 2. The summed E-state index contributed by atoms with van der Waals surface area (Å²) in [6, 6.07) is 1.95. The van der Waals surface area contributed by atoms with Crippen molar-refractivity contribution in [2.24, 2.45) is 0 Å². The second-order valence-corrected chi connectivity index (χ2v) is 3.38. The standard InChI is InChI=1S/C10H13N3O/c1-11-5-4-9-8-10-13(12-9)6-2-3-7-14-10/h8H,2-7H2. The molecule has 0 spiro atoms. The van der Waals surface area contributed by atoms with Gasteiger partial charge in [0.15, 0.2) is 0 Å². The van der Waals surface area contributed by atoms with Crippen molar-refractivity contribution in [1.29, 1.82) is 0 Å². The summed E-state index contributed by atoms with van der Waals surface area (Å²) in [6.45, 7) is 8.94. The fourth-order valence-electron chi connectivity index (χ4n) is 1.56. The zero-order valence-electron chi connectivity index (χ0n) is 8.07. The van der Waals surface area contributed by atoms with Crippen molar-refractivity contribution in [3.63, 3.8) is 0 Å².